The van der Waals surface area contributed by atoms with Crippen LogP contribution in [0.4, 0.5) is 0 Å². The molecule has 1 aromatic heterocycles. The van der Waals surface area contributed by atoms with Gasteiger partial charge in [0, 0.05) is 19.4 Å². The zero-order valence-electron chi connectivity index (χ0n) is 6.30. The second kappa shape index (κ2) is 2.54. The Bertz CT molecular complexity index is 316. The quantitative estimate of drug-likeness (QED) is 0.603. The fraction of sp³-hybridized carbons (Fsp3) is 0.400. The maximum Gasteiger partial charge on any atom is 0.245 e. The van der Waals surface area contributed by atoms with Crippen molar-refractivity contribution < 1.29 is 8.42 Å². The lowest BCUT2D eigenvalue weighted by atomic mass is 11.0. The average molecular weight is 175 g/mol. The fourth-order valence-electron chi connectivity index (χ4n) is 0.590. The van der Waals surface area contributed by atoms with E-state index < -0.39 is 10.0 Å². The van der Waals surface area contributed by atoms with E-state index in [9.17, 15) is 8.42 Å². The summed E-state index contributed by atoms with van der Waals surface area (Å²) in [5.41, 5.74) is 0. The highest BCUT2D eigenvalue weighted by Gasteiger charge is 2.09. The molecule has 0 amide bonds. The van der Waals surface area contributed by atoms with E-state index in [1.807, 2.05) is 0 Å². The van der Waals surface area contributed by atoms with Gasteiger partial charge in [-0.3, -0.25) is 0 Å². The van der Waals surface area contributed by atoms with E-state index in [0.29, 0.717) is 0 Å². The van der Waals surface area contributed by atoms with Gasteiger partial charge < -0.3 is 0 Å². The van der Waals surface area contributed by atoms with Crippen LogP contribution in [0.1, 0.15) is 0 Å². The minimum atomic E-state index is -3.17. The topological polar surface area (TPSA) is 55.2 Å². The summed E-state index contributed by atoms with van der Waals surface area (Å²) in [4.78, 5) is 3.71. The first-order chi connectivity index (χ1) is 5.02. The van der Waals surface area contributed by atoms with Gasteiger partial charge in [-0.05, 0) is 0 Å². The predicted octanol–water partition coefficient (Wildman–Crippen LogP) is -0.589. The molecule has 1 aromatic rings. The smallest absolute Gasteiger partial charge is 0.243 e. The van der Waals surface area contributed by atoms with Crippen molar-refractivity contribution in [3.8, 4) is 0 Å². The Hall–Kier alpha value is -1.04. The van der Waals surface area contributed by atoms with Gasteiger partial charge in [0.25, 0.3) is 0 Å². The molecule has 0 aromatic carbocycles. The molecule has 0 N–H and O–H groups in total. The van der Waals surface area contributed by atoms with E-state index in [-0.39, 0.29) is 0 Å². The number of rotatable bonds is 2. The molecule has 11 heavy (non-hydrogen) atoms. The summed E-state index contributed by atoms with van der Waals surface area (Å²) in [7, 11) is -1.71. The van der Waals surface area contributed by atoms with Crippen LogP contribution in [0, 0.1) is 0 Å². The number of aromatic nitrogens is 2. The van der Waals surface area contributed by atoms with Gasteiger partial charge in [0.2, 0.25) is 10.0 Å². The van der Waals surface area contributed by atoms with Crippen LogP contribution in [0.15, 0.2) is 18.7 Å². The van der Waals surface area contributed by atoms with Crippen molar-refractivity contribution in [1.29, 1.82) is 0 Å². The summed E-state index contributed by atoms with van der Waals surface area (Å²) < 4.78 is 24.3. The molecule has 0 saturated carbocycles. The second-order valence-corrected chi connectivity index (χ2v) is 4.13. The summed E-state index contributed by atoms with van der Waals surface area (Å²) in [5.74, 6) is 0. The number of imidazole rings is 1. The van der Waals surface area contributed by atoms with Crippen LogP contribution in [0.3, 0.4) is 0 Å². The lowest BCUT2D eigenvalue weighted by molar-refractivity contribution is 0.585. The van der Waals surface area contributed by atoms with Gasteiger partial charge in [-0.15, -0.1) is 0 Å². The van der Waals surface area contributed by atoms with Crippen molar-refractivity contribution in [1.82, 2.24) is 9.66 Å². The molecule has 0 aliphatic carbocycles. The molecule has 0 aliphatic heterocycles. The van der Waals surface area contributed by atoms with E-state index >= 15 is 0 Å². The van der Waals surface area contributed by atoms with Gasteiger partial charge in [0.15, 0.2) is 0 Å². The van der Waals surface area contributed by atoms with Crippen molar-refractivity contribution in [3.63, 3.8) is 0 Å². The summed E-state index contributed by atoms with van der Waals surface area (Å²) in [6.45, 7) is 0. The van der Waals surface area contributed by atoms with Crippen molar-refractivity contribution in [3.05, 3.63) is 18.7 Å². The summed E-state index contributed by atoms with van der Waals surface area (Å²) in [6.07, 6.45) is 5.62. The standard InChI is InChI=1S/C5H9N3O2S/c1-7(11(2,9)10)8-4-3-6-5-8/h3-5H,1-2H3. The molecule has 1 rings (SSSR count). The van der Waals surface area contributed by atoms with Crippen LogP contribution in [-0.4, -0.2) is 31.4 Å². The van der Waals surface area contributed by atoms with Gasteiger partial charge in [-0.1, -0.05) is 0 Å². The van der Waals surface area contributed by atoms with Gasteiger partial charge in [-0.2, -0.15) is 0 Å². The van der Waals surface area contributed by atoms with Gasteiger partial charge in [0.1, 0.15) is 6.33 Å². The number of hydrogen-bond acceptors (Lipinski definition) is 3. The second-order valence-electron chi connectivity index (χ2n) is 2.14. The lowest BCUT2D eigenvalue weighted by Gasteiger charge is -2.16. The van der Waals surface area contributed by atoms with E-state index in [1.54, 1.807) is 6.20 Å². The Morgan fingerprint density at radius 3 is 2.55 bits per heavy atom. The van der Waals surface area contributed by atoms with Gasteiger partial charge in [0.05, 0.1) is 6.26 Å². The molecule has 62 valence electrons. The maximum atomic E-state index is 10.9. The number of sulfonamides is 1. The largest absolute Gasteiger partial charge is 0.245 e. The first-order valence-corrected chi connectivity index (χ1v) is 4.79. The zero-order valence-corrected chi connectivity index (χ0v) is 7.11. The first kappa shape index (κ1) is 8.06. The van der Waals surface area contributed by atoms with E-state index in [2.05, 4.69) is 4.98 Å². The Balaban J connectivity index is 2.97. The third-order valence-electron chi connectivity index (χ3n) is 1.30. The molecule has 0 saturated heterocycles. The third kappa shape index (κ3) is 1.70. The first-order valence-electron chi connectivity index (χ1n) is 2.94. The summed E-state index contributed by atoms with van der Waals surface area (Å²) in [5, 5.41) is 0. The van der Waals surface area contributed by atoms with Crippen LogP contribution < -0.4 is 4.41 Å². The molecule has 0 bridgehead atoms. The van der Waals surface area contributed by atoms with Crippen molar-refractivity contribution >= 4 is 10.0 Å². The third-order valence-corrected chi connectivity index (χ3v) is 2.44. The lowest BCUT2D eigenvalue weighted by Crippen LogP contribution is -2.34. The molecular formula is C5H9N3O2S. The van der Waals surface area contributed by atoms with E-state index in [0.717, 1.165) is 10.7 Å². The molecule has 1 heterocycles. The van der Waals surface area contributed by atoms with Crippen LogP contribution in [-0.2, 0) is 10.0 Å². The number of nitrogens with zero attached hydrogens (tertiary/aromatic N) is 3. The van der Waals surface area contributed by atoms with E-state index in [4.69, 9.17) is 0 Å². The number of hydrogen-bond donors (Lipinski definition) is 0. The molecule has 0 radical (unpaired) electrons. The summed E-state index contributed by atoms with van der Waals surface area (Å²) >= 11 is 0. The molecule has 0 unspecified atom stereocenters. The predicted molar refractivity (Wildman–Crippen MR) is 41.2 cm³/mol. The van der Waals surface area contributed by atoms with Crippen molar-refractivity contribution in [2.24, 2.45) is 0 Å². The molecule has 0 spiro atoms. The molecule has 0 aliphatic rings. The highest BCUT2D eigenvalue weighted by Crippen LogP contribution is 1.92. The normalized spacial score (nSPS) is 11.5. The Labute approximate surface area is 65.3 Å². The highest BCUT2D eigenvalue weighted by molar-refractivity contribution is 7.91. The zero-order chi connectivity index (χ0) is 8.48. The average Bonchev–Trinajstić information content (AvgIpc) is 2.34. The molecule has 5 nitrogen and oxygen atoms in total. The SMILES string of the molecule is CN(n1ccnc1)S(C)(=O)=O. The van der Waals surface area contributed by atoms with Crippen molar-refractivity contribution in [2.45, 2.75) is 0 Å². The molecule has 6 heteroatoms. The molecule has 0 fully saturated rings. The Kier molecular flexibility index (Phi) is 1.86. The van der Waals surface area contributed by atoms with Gasteiger partial charge >= 0.3 is 0 Å². The minimum Gasteiger partial charge on any atom is -0.243 e. The van der Waals surface area contributed by atoms with Crippen LogP contribution >= 0.6 is 0 Å². The maximum absolute atomic E-state index is 10.9. The van der Waals surface area contributed by atoms with Crippen molar-refractivity contribution in [2.75, 3.05) is 17.7 Å². The molecule has 0 atom stereocenters. The Morgan fingerprint density at radius 2 is 2.18 bits per heavy atom. The van der Waals surface area contributed by atoms with Gasteiger partial charge in [-0.25, -0.2) is 22.5 Å². The Morgan fingerprint density at radius 1 is 1.55 bits per heavy atom. The minimum absolute atomic E-state index is 1.10. The van der Waals surface area contributed by atoms with Crippen LogP contribution in [0.2, 0.25) is 0 Å². The summed E-state index contributed by atoms with van der Waals surface area (Å²) in [6, 6.07) is 0. The van der Waals surface area contributed by atoms with Crippen LogP contribution in [0.25, 0.3) is 0 Å². The monoisotopic (exact) mass is 175 g/mol. The highest BCUT2D eigenvalue weighted by atomic mass is 32.2. The molecular weight excluding hydrogens is 166 g/mol. The van der Waals surface area contributed by atoms with Crippen LogP contribution in [0.5, 0.6) is 0 Å². The van der Waals surface area contributed by atoms with E-state index in [1.165, 1.54) is 24.2 Å². The fourth-order valence-corrected chi connectivity index (χ4v) is 1.03.